The Morgan fingerprint density at radius 1 is 1.50 bits per heavy atom. The highest BCUT2D eigenvalue weighted by molar-refractivity contribution is 5.20. The van der Waals surface area contributed by atoms with Gasteiger partial charge in [-0.05, 0) is 30.4 Å². The van der Waals surface area contributed by atoms with Crippen LogP contribution in [0.3, 0.4) is 0 Å². The van der Waals surface area contributed by atoms with E-state index in [1.54, 1.807) is 0 Å². The molecule has 88 valence electrons. The Hall–Kier alpha value is -1.09. The van der Waals surface area contributed by atoms with Gasteiger partial charge in [0.1, 0.15) is 0 Å². The summed E-state index contributed by atoms with van der Waals surface area (Å²) in [7, 11) is 0. The van der Waals surface area contributed by atoms with Crippen molar-refractivity contribution in [2.45, 2.75) is 39.3 Å². The molecule has 0 bridgehead atoms. The first-order chi connectivity index (χ1) is 7.74. The molecule has 1 fully saturated rings. The van der Waals surface area contributed by atoms with Gasteiger partial charge in [-0.2, -0.15) is 0 Å². The number of aromatic nitrogens is 1. The normalized spacial score (nSPS) is 15.4. The molecule has 1 aliphatic carbocycles. The van der Waals surface area contributed by atoms with Crippen molar-refractivity contribution in [2.24, 2.45) is 5.92 Å². The molecule has 2 rings (SSSR count). The largest absolute Gasteiger partial charge is 0.477 e. The van der Waals surface area contributed by atoms with E-state index >= 15 is 0 Å². The van der Waals surface area contributed by atoms with Crippen LogP contribution >= 0.6 is 0 Å². The van der Waals surface area contributed by atoms with Gasteiger partial charge in [-0.25, -0.2) is 4.98 Å². The molecule has 0 unspecified atom stereocenters. The first-order valence-electron chi connectivity index (χ1n) is 6.05. The fourth-order valence-corrected chi connectivity index (χ4v) is 1.44. The minimum atomic E-state index is 0.537. The predicted molar refractivity (Wildman–Crippen MR) is 64.4 cm³/mol. The molecule has 1 aliphatic rings. The Morgan fingerprint density at radius 3 is 3.00 bits per heavy atom. The van der Waals surface area contributed by atoms with Gasteiger partial charge in [-0.15, -0.1) is 0 Å². The van der Waals surface area contributed by atoms with Crippen molar-refractivity contribution in [3.8, 4) is 5.88 Å². The van der Waals surface area contributed by atoms with E-state index in [9.17, 15) is 0 Å². The number of ether oxygens (including phenoxy) is 1. The minimum absolute atomic E-state index is 0.537. The maximum atomic E-state index is 5.59. The first kappa shape index (κ1) is 11.4. The summed E-state index contributed by atoms with van der Waals surface area (Å²) in [5, 5.41) is 3.48. The molecule has 1 aromatic heterocycles. The number of hydrogen-bond donors (Lipinski definition) is 1. The van der Waals surface area contributed by atoms with Crippen LogP contribution in [0.15, 0.2) is 18.3 Å². The number of rotatable bonds is 6. The fraction of sp³-hybridized carbons (Fsp3) is 0.615. The van der Waals surface area contributed by atoms with E-state index in [-0.39, 0.29) is 0 Å². The van der Waals surface area contributed by atoms with Crippen molar-refractivity contribution in [1.82, 2.24) is 10.3 Å². The second kappa shape index (κ2) is 5.30. The second-order valence-corrected chi connectivity index (χ2v) is 4.86. The number of hydrogen-bond acceptors (Lipinski definition) is 3. The van der Waals surface area contributed by atoms with Crippen LogP contribution < -0.4 is 10.1 Å². The molecular formula is C13H20N2O. The fourth-order valence-electron chi connectivity index (χ4n) is 1.44. The van der Waals surface area contributed by atoms with Gasteiger partial charge >= 0.3 is 0 Å². The van der Waals surface area contributed by atoms with E-state index in [1.165, 1.54) is 18.4 Å². The lowest BCUT2D eigenvalue weighted by Crippen LogP contribution is -2.15. The average Bonchev–Trinajstić information content (AvgIpc) is 3.08. The van der Waals surface area contributed by atoms with Crippen LogP contribution in [0, 0.1) is 5.92 Å². The molecule has 3 nitrogen and oxygen atoms in total. The SMILES string of the molecule is CC(C)COc1cc(CNC2CC2)ccn1. The Balaban J connectivity index is 1.84. The lowest BCUT2D eigenvalue weighted by atomic mass is 10.2. The van der Waals surface area contributed by atoms with Gasteiger partial charge in [-0.3, -0.25) is 0 Å². The van der Waals surface area contributed by atoms with Crippen LogP contribution in [0.4, 0.5) is 0 Å². The highest BCUT2D eigenvalue weighted by Gasteiger charge is 2.19. The van der Waals surface area contributed by atoms with Crippen molar-refractivity contribution >= 4 is 0 Å². The van der Waals surface area contributed by atoms with Gasteiger partial charge in [0.2, 0.25) is 5.88 Å². The standard InChI is InChI=1S/C13H20N2O/c1-10(2)9-16-13-7-11(5-6-14-13)8-15-12-3-4-12/h5-7,10,12,15H,3-4,8-9H2,1-2H3. The Kier molecular flexibility index (Phi) is 3.78. The number of nitrogens with zero attached hydrogens (tertiary/aromatic N) is 1. The lowest BCUT2D eigenvalue weighted by molar-refractivity contribution is 0.261. The molecule has 3 heteroatoms. The van der Waals surface area contributed by atoms with Crippen molar-refractivity contribution in [3.05, 3.63) is 23.9 Å². The highest BCUT2D eigenvalue weighted by atomic mass is 16.5. The average molecular weight is 220 g/mol. The molecule has 16 heavy (non-hydrogen) atoms. The third-order valence-corrected chi connectivity index (χ3v) is 2.54. The predicted octanol–water partition coefficient (Wildman–Crippen LogP) is 2.37. The van der Waals surface area contributed by atoms with E-state index in [0.29, 0.717) is 5.92 Å². The van der Waals surface area contributed by atoms with Crippen molar-refractivity contribution < 1.29 is 4.74 Å². The van der Waals surface area contributed by atoms with Gasteiger partial charge in [0, 0.05) is 24.8 Å². The molecule has 0 saturated heterocycles. The summed E-state index contributed by atoms with van der Waals surface area (Å²) in [4.78, 5) is 4.20. The Bertz CT molecular complexity index is 313. The van der Waals surface area contributed by atoms with Gasteiger partial charge < -0.3 is 10.1 Å². The van der Waals surface area contributed by atoms with Crippen LogP contribution in [-0.2, 0) is 6.54 Å². The molecule has 1 heterocycles. The first-order valence-corrected chi connectivity index (χ1v) is 6.05. The van der Waals surface area contributed by atoms with Crippen LogP contribution in [-0.4, -0.2) is 17.6 Å². The van der Waals surface area contributed by atoms with Crippen LogP contribution in [0.25, 0.3) is 0 Å². The molecule has 1 aromatic rings. The summed E-state index contributed by atoms with van der Waals surface area (Å²) in [5.74, 6) is 1.28. The second-order valence-electron chi connectivity index (χ2n) is 4.86. The Morgan fingerprint density at radius 2 is 2.31 bits per heavy atom. The van der Waals surface area contributed by atoms with Crippen LogP contribution in [0.5, 0.6) is 5.88 Å². The molecule has 0 aliphatic heterocycles. The summed E-state index contributed by atoms with van der Waals surface area (Å²) in [5.41, 5.74) is 1.25. The van der Waals surface area contributed by atoms with Crippen LogP contribution in [0.1, 0.15) is 32.3 Å². The van der Waals surface area contributed by atoms with Crippen molar-refractivity contribution in [1.29, 1.82) is 0 Å². The van der Waals surface area contributed by atoms with Crippen LogP contribution in [0.2, 0.25) is 0 Å². The molecule has 0 atom stereocenters. The summed E-state index contributed by atoms with van der Waals surface area (Å²) in [6, 6.07) is 4.81. The van der Waals surface area contributed by atoms with E-state index in [2.05, 4.69) is 24.1 Å². The smallest absolute Gasteiger partial charge is 0.213 e. The maximum absolute atomic E-state index is 5.59. The van der Waals surface area contributed by atoms with E-state index in [1.807, 2.05) is 18.3 Å². The summed E-state index contributed by atoms with van der Waals surface area (Å²) >= 11 is 0. The van der Waals surface area contributed by atoms with E-state index < -0.39 is 0 Å². The molecule has 0 radical (unpaired) electrons. The van der Waals surface area contributed by atoms with Crippen molar-refractivity contribution in [2.75, 3.05) is 6.61 Å². The zero-order valence-electron chi connectivity index (χ0n) is 10.1. The molecule has 1 N–H and O–H groups in total. The Labute approximate surface area is 97.2 Å². The maximum Gasteiger partial charge on any atom is 0.213 e. The monoisotopic (exact) mass is 220 g/mol. The number of nitrogens with one attached hydrogen (secondary N) is 1. The zero-order chi connectivity index (χ0) is 11.4. The quantitative estimate of drug-likeness (QED) is 0.799. The summed E-state index contributed by atoms with van der Waals surface area (Å²) in [6.07, 6.45) is 4.46. The third-order valence-electron chi connectivity index (χ3n) is 2.54. The van der Waals surface area contributed by atoms with Gasteiger partial charge in [0.05, 0.1) is 6.61 Å². The molecule has 1 saturated carbocycles. The topological polar surface area (TPSA) is 34.1 Å². The summed E-state index contributed by atoms with van der Waals surface area (Å²) < 4.78 is 5.59. The highest BCUT2D eigenvalue weighted by Crippen LogP contribution is 2.19. The third kappa shape index (κ3) is 3.81. The van der Waals surface area contributed by atoms with E-state index in [0.717, 1.165) is 25.1 Å². The number of pyridine rings is 1. The molecule has 0 spiro atoms. The van der Waals surface area contributed by atoms with Gasteiger partial charge in [0.15, 0.2) is 0 Å². The summed E-state index contributed by atoms with van der Waals surface area (Å²) in [6.45, 7) is 5.93. The van der Waals surface area contributed by atoms with Gasteiger partial charge in [0.25, 0.3) is 0 Å². The van der Waals surface area contributed by atoms with Crippen molar-refractivity contribution in [3.63, 3.8) is 0 Å². The van der Waals surface area contributed by atoms with Gasteiger partial charge in [-0.1, -0.05) is 13.8 Å². The molecular weight excluding hydrogens is 200 g/mol. The lowest BCUT2D eigenvalue weighted by Gasteiger charge is -2.09. The van der Waals surface area contributed by atoms with E-state index in [4.69, 9.17) is 4.74 Å². The molecule has 0 aromatic carbocycles. The zero-order valence-corrected chi connectivity index (χ0v) is 10.1. The minimum Gasteiger partial charge on any atom is -0.477 e. The molecule has 0 amide bonds.